The van der Waals surface area contributed by atoms with Gasteiger partial charge in [0, 0.05) is 51.0 Å². The number of carbonyl (C=O) groups is 2. The van der Waals surface area contributed by atoms with Crippen molar-refractivity contribution in [3.05, 3.63) is 30.1 Å². The van der Waals surface area contributed by atoms with E-state index in [9.17, 15) is 9.59 Å². The molecule has 1 aliphatic carbocycles. The molecule has 1 saturated carbocycles. The predicted octanol–water partition coefficient (Wildman–Crippen LogP) is 2.20. The summed E-state index contributed by atoms with van der Waals surface area (Å²) in [6, 6.07) is 4.39. The number of hydrogen-bond donors (Lipinski definition) is 1. The van der Waals surface area contributed by atoms with Gasteiger partial charge in [-0.3, -0.25) is 19.5 Å². The average Bonchev–Trinajstić information content (AvgIpc) is 3.57. The van der Waals surface area contributed by atoms with Gasteiger partial charge < -0.3 is 10.2 Å². The topological polar surface area (TPSA) is 65.5 Å². The molecule has 1 atom stereocenters. The highest BCUT2D eigenvalue weighted by Crippen LogP contribution is 2.33. The number of piperidine rings is 2. The van der Waals surface area contributed by atoms with Crippen molar-refractivity contribution in [1.29, 1.82) is 0 Å². The van der Waals surface area contributed by atoms with Gasteiger partial charge in [0.2, 0.25) is 11.8 Å². The Labute approximate surface area is 167 Å². The van der Waals surface area contributed by atoms with Crippen LogP contribution in [0.2, 0.25) is 0 Å². The second-order valence-corrected chi connectivity index (χ2v) is 8.67. The molecular formula is C22H32N4O2. The first-order valence-corrected chi connectivity index (χ1v) is 10.9. The van der Waals surface area contributed by atoms with E-state index >= 15 is 0 Å². The van der Waals surface area contributed by atoms with E-state index in [0.717, 1.165) is 63.8 Å². The molecule has 1 aromatic heterocycles. The first-order valence-electron chi connectivity index (χ1n) is 10.9. The van der Waals surface area contributed by atoms with Gasteiger partial charge in [-0.2, -0.15) is 0 Å². The maximum Gasteiger partial charge on any atom is 0.224 e. The van der Waals surface area contributed by atoms with Crippen LogP contribution in [-0.2, 0) is 16.1 Å². The fourth-order valence-corrected chi connectivity index (χ4v) is 4.57. The lowest BCUT2D eigenvalue weighted by Crippen LogP contribution is -2.51. The molecule has 0 spiro atoms. The second kappa shape index (κ2) is 9.03. The standard InChI is InChI=1S/C22H32N4O2/c27-21(13-17-5-6-17)25-11-7-20(8-12-25)26-10-2-4-19(16-26)22(28)24-15-18-3-1-9-23-14-18/h1,3,9,14,17,19-20H,2,4-8,10-13,15-16H2,(H,24,28)/t19-/m0/s1. The molecule has 2 saturated heterocycles. The van der Waals surface area contributed by atoms with E-state index in [2.05, 4.69) is 20.1 Å². The van der Waals surface area contributed by atoms with E-state index < -0.39 is 0 Å². The Hall–Kier alpha value is -1.95. The van der Waals surface area contributed by atoms with Crippen LogP contribution in [-0.4, -0.2) is 58.8 Å². The Morgan fingerprint density at radius 1 is 1.11 bits per heavy atom. The van der Waals surface area contributed by atoms with Crippen LogP contribution in [0.5, 0.6) is 0 Å². The highest BCUT2D eigenvalue weighted by Gasteiger charge is 2.33. The molecule has 6 heteroatoms. The second-order valence-electron chi connectivity index (χ2n) is 8.67. The molecule has 3 fully saturated rings. The summed E-state index contributed by atoms with van der Waals surface area (Å²) < 4.78 is 0. The molecule has 152 valence electrons. The van der Waals surface area contributed by atoms with Gasteiger partial charge in [-0.05, 0) is 62.6 Å². The minimum Gasteiger partial charge on any atom is -0.352 e. The van der Waals surface area contributed by atoms with Gasteiger partial charge in [0.1, 0.15) is 0 Å². The number of amides is 2. The van der Waals surface area contributed by atoms with Crippen LogP contribution in [0.4, 0.5) is 0 Å². The highest BCUT2D eigenvalue weighted by atomic mass is 16.2. The zero-order valence-electron chi connectivity index (χ0n) is 16.7. The van der Waals surface area contributed by atoms with Crippen LogP contribution in [0.3, 0.4) is 0 Å². The van der Waals surface area contributed by atoms with Gasteiger partial charge in [-0.15, -0.1) is 0 Å². The molecule has 28 heavy (non-hydrogen) atoms. The van der Waals surface area contributed by atoms with Gasteiger partial charge in [0.15, 0.2) is 0 Å². The molecular weight excluding hydrogens is 352 g/mol. The lowest BCUT2D eigenvalue weighted by molar-refractivity contribution is -0.133. The Bertz CT molecular complexity index is 668. The van der Waals surface area contributed by atoms with Crippen LogP contribution >= 0.6 is 0 Å². The summed E-state index contributed by atoms with van der Waals surface area (Å²) in [5, 5.41) is 3.08. The third kappa shape index (κ3) is 5.10. The van der Waals surface area contributed by atoms with Crippen molar-refractivity contribution in [3.8, 4) is 0 Å². The minimum atomic E-state index is 0.0694. The van der Waals surface area contributed by atoms with Gasteiger partial charge in [-0.25, -0.2) is 0 Å². The zero-order valence-corrected chi connectivity index (χ0v) is 16.7. The number of aromatic nitrogens is 1. The van der Waals surface area contributed by atoms with Crippen LogP contribution in [0, 0.1) is 11.8 Å². The van der Waals surface area contributed by atoms with Gasteiger partial charge in [0.05, 0.1) is 5.92 Å². The molecule has 4 rings (SSSR count). The summed E-state index contributed by atoms with van der Waals surface area (Å²) in [5.41, 5.74) is 1.03. The summed E-state index contributed by atoms with van der Waals surface area (Å²) in [6.45, 7) is 4.23. The van der Waals surface area contributed by atoms with Crippen molar-refractivity contribution in [2.75, 3.05) is 26.2 Å². The predicted molar refractivity (Wildman–Crippen MR) is 107 cm³/mol. The van der Waals surface area contributed by atoms with Crippen LogP contribution < -0.4 is 5.32 Å². The maximum absolute atomic E-state index is 12.6. The molecule has 1 N–H and O–H groups in total. The van der Waals surface area contributed by atoms with E-state index in [-0.39, 0.29) is 11.8 Å². The van der Waals surface area contributed by atoms with Crippen LogP contribution in [0.25, 0.3) is 0 Å². The summed E-state index contributed by atoms with van der Waals surface area (Å²) in [7, 11) is 0. The smallest absolute Gasteiger partial charge is 0.224 e. The first kappa shape index (κ1) is 19.4. The monoisotopic (exact) mass is 384 g/mol. The molecule has 0 bridgehead atoms. The number of hydrogen-bond acceptors (Lipinski definition) is 4. The van der Waals surface area contributed by atoms with E-state index in [1.165, 1.54) is 12.8 Å². The Morgan fingerprint density at radius 2 is 1.93 bits per heavy atom. The number of carbonyl (C=O) groups excluding carboxylic acids is 2. The first-order chi connectivity index (χ1) is 13.7. The van der Waals surface area contributed by atoms with Crippen molar-refractivity contribution in [2.24, 2.45) is 11.8 Å². The Morgan fingerprint density at radius 3 is 2.64 bits per heavy atom. The Balaban J connectivity index is 1.22. The number of nitrogens with zero attached hydrogens (tertiary/aromatic N) is 3. The van der Waals surface area contributed by atoms with Crippen LogP contribution in [0.1, 0.15) is 50.5 Å². The lowest BCUT2D eigenvalue weighted by Gasteiger charge is -2.42. The van der Waals surface area contributed by atoms with Gasteiger partial charge in [0.25, 0.3) is 0 Å². The molecule has 3 aliphatic rings. The fraction of sp³-hybridized carbons (Fsp3) is 0.682. The van der Waals surface area contributed by atoms with Gasteiger partial charge >= 0.3 is 0 Å². The maximum atomic E-state index is 12.6. The van der Waals surface area contributed by atoms with E-state index in [1.807, 2.05) is 12.1 Å². The summed E-state index contributed by atoms with van der Waals surface area (Å²) in [6.07, 6.45) is 10.9. The number of rotatable bonds is 6. The Kier molecular flexibility index (Phi) is 6.25. The number of nitrogens with one attached hydrogen (secondary N) is 1. The minimum absolute atomic E-state index is 0.0694. The molecule has 2 amide bonds. The molecule has 0 aromatic carbocycles. The molecule has 1 aromatic rings. The number of likely N-dealkylation sites (tertiary alicyclic amines) is 2. The quantitative estimate of drug-likeness (QED) is 0.817. The van der Waals surface area contributed by atoms with Crippen molar-refractivity contribution in [3.63, 3.8) is 0 Å². The van der Waals surface area contributed by atoms with Crippen molar-refractivity contribution in [1.82, 2.24) is 20.1 Å². The number of pyridine rings is 1. The summed E-state index contributed by atoms with van der Waals surface area (Å²) >= 11 is 0. The van der Waals surface area contributed by atoms with Crippen molar-refractivity contribution < 1.29 is 9.59 Å². The largest absolute Gasteiger partial charge is 0.352 e. The van der Waals surface area contributed by atoms with Gasteiger partial charge in [-0.1, -0.05) is 6.07 Å². The molecule has 2 aliphatic heterocycles. The fourth-order valence-electron chi connectivity index (χ4n) is 4.57. The molecule has 0 unspecified atom stereocenters. The summed E-state index contributed by atoms with van der Waals surface area (Å²) in [4.78, 5) is 33.6. The average molecular weight is 385 g/mol. The van der Waals surface area contributed by atoms with Crippen LogP contribution in [0.15, 0.2) is 24.5 Å². The zero-order chi connectivity index (χ0) is 19.3. The van der Waals surface area contributed by atoms with E-state index in [1.54, 1.807) is 12.4 Å². The molecule has 6 nitrogen and oxygen atoms in total. The van der Waals surface area contributed by atoms with E-state index in [0.29, 0.717) is 24.4 Å². The summed E-state index contributed by atoms with van der Waals surface area (Å²) in [5.74, 6) is 1.25. The van der Waals surface area contributed by atoms with Crippen molar-refractivity contribution >= 4 is 11.8 Å². The van der Waals surface area contributed by atoms with E-state index in [4.69, 9.17) is 0 Å². The highest BCUT2D eigenvalue weighted by molar-refractivity contribution is 5.79. The third-order valence-corrected chi connectivity index (χ3v) is 6.51. The molecule has 3 heterocycles. The van der Waals surface area contributed by atoms with Crippen molar-refractivity contribution in [2.45, 2.75) is 57.5 Å². The SMILES string of the molecule is O=C(NCc1cccnc1)[C@H]1CCCN(C2CCN(C(=O)CC3CC3)CC2)C1. The lowest BCUT2D eigenvalue weighted by atomic mass is 9.93. The normalized spacial score (nSPS) is 24.1. The third-order valence-electron chi connectivity index (χ3n) is 6.51. The molecule has 0 radical (unpaired) electrons.